The average molecular weight is 623 g/mol. The molecule has 3 aromatic carbocycles. The highest BCUT2D eigenvalue weighted by Gasteiger charge is 2.73. The van der Waals surface area contributed by atoms with E-state index < -0.39 is 54.8 Å². The van der Waals surface area contributed by atoms with E-state index in [1.165, 1.54) is 30.3 Å². The second-order valence-electron chi connectivity index (χ2n) is 8.34. The molecule has 5 nitrogen and oxygen atoms in total. The van der Waals surface area contributed by atoms with Crippen molar-refractivity contribution in [2.24, 2.45) is 0 Å². The molecular weight excluding hydrogens is 606 g/mol. The molecule has 0 aromatic heterocycles. The van der Waals surface area contributed by atoms with Crippen molar-refractivity contribution in [1.82, 2.24) is 0 Å². The van der Waals surface area contributed by atoms with Crippen LogP contribution in [0.3, 0.4) is 0 Å². The lowest BCUT2D eigenvalue weighted by atomic mass is 10.0. The maximum atomic E-state index is 14.2. The van der Waals surface area contributed by atoms with E-state index in [-0.39, 0.29) is 35.1 Å². The number of hydrogen-bond acceptors (Lipinski definition) is 5. The third kappa shape index (κ3) is 7.63. The van der Waals surface area contributed by atoms with Crippen molar-refractivity contribution in [2.75, 3.05) is 11.6 Å². The molecule has 0 aliphatic rings. The van der Waals surface area contributed by atoms with Crippen LogP contribution in [0.1, 0.15) is 5.56 Å². The van der Waals surface area contributed by atoms with Gasteiger partial charge in [-0.05, 0) is 36.4 Å². The summed E-state index contributed by atoms with van der Waals surface area (Å²) in [5.41, 5.74) is -2.23. The van der Waals surface area contributed by atoms with Gasteiger partial charge < -0.3 is 19.4 Å². The zero-order chi connectivity index (χ0) is 31.5. The van der Waals surface area contributed by atoms with Crippen LogP contribution < -0.4 is 19.4 Å². The third-order valence-corrected chi connectivity index (χ3v) is 5.25. The second kappa shape index (κ2) is 12.1. The van der Waals surface area contributed by atoms with E-state index in [0.717, 1.165) is 24.3 Å². The molecule has 230 valence electrons. The molecule has 0 aliphatic heterocycles. The van der Waals surface area contributed by atoms with Crippen molar-refractivity contribution in [2.45, 2.75) is 36.9 Å². The van der Waals surface area contributed by atoms with E-state index in [1.807, 2.05) is 0 Å². The van der Waals surface area contributed by atoms with Crippen molar-refractivity contribution in [3.63, 3.8) is 0 Å². The van der Waals surface area contributed by atoms with Crippen molar-refractivity contribution < 1.29 is 72.1 Å². The van der Waals surface area contributed by atoms with Gasteiger partial charge >= 0.3 is 30.8 Å². The van der Waals surface area contributed by atoms with Gasteiger partial charge in [0.15, 0.2) is 11.9 Å². The van der Waals surface area contributed by atoms with Gasteiger partial charge in [-0.2, -0.15) is 52.7 Å². The summed E-state index contributed by atoms with van der Waals surface area (Å²) in [5.74, 6) is -13.8. The highest BCUT2D eigenvalue weighted by Crippen LogP contribution is 2.52. The molecule has 0 heterocycles. The summed E-state index contributed by atoms with van der Waals surface area (Å²) in [6.45, 7) is -4.60. The first-order chi connectivity index (χ1) is 19.3. The van der Waals surface area contributed by atoms with Crippen LogP contribution in [0.25, 0.3) is 0 Å². The van der Waals surface area contributed by atoms with E-state index in [0.29, 0.717) is 11.1 Å². The van der Waals surface area contributed by atoms with Crippen LogP contribution in [0, 0.1) is 0 Å². The minimum absolute atomic E-state index is 0.0570. The summed E-state index contributed by atoms with van der Waals surface area (Å²) < 4.78 is 167. The molecule has 0 bridgehead atoms. The molecule has 42 heavy (non-hydrogen) atoms. The average Bonchev–Trinajstić information content (AvgIpc) is 2.87. The first-order valence-corrected chi connectivity index (χ1v) is 11.3. The molecule has 0 saturated carbocycles. The predicted molar refractivity (Wildman–Crippen MR) is 121 cm³/mol. The zero-order valence-electron chi connectivity index (χ0n) is 20.4. The normalized spacial score (nSPS) is 13.6. The Morgan fingerprint density at radius 3 is 1.83 bits per heavy atom. The summed E-state index contributed by atoms with van der Waals surface area (Å²) in [6, 6.07) is 11.0. The minimum Gasteiger partial charge on any atom is -0.457 e. The summed E-state index contributed by atoms with van der Waals surface area (Å²) in [7, 11) is 0. The summed E-state index contributed by atoms with van der Waals surface area (Å²) >= 11 is 0. The van der Waals surface area contributed by atoms with Gasteiger partial charge in [0.2, 0.25) is 0 Å². The Bertz CT molecular complexity index is 1350. The Hall–Kier alpha value is -4.02. The number of ether oxygens (including phenoxy) is 2. The number of rotatable bonds is 11. The fourth-order valence-electron chi connectivity index (χ4n) is 3.24. The monoisotopic (exact) mass is 623 g/mol. The lowest BCUT2D eigenvalue weighted by Crippen LogP contribution is -2.50. The Morgan fingerprint density at radius 2 is 1.24 bits per heavy atom. The molecule has 0 amide bonds. The van der Waals surface area contributed by atoms with Crippen molar-refractivity contribution in [1.29, 1.82) is 0 Å². The maximum absolute atomic E-state index is 14.2. The van der Waals surface area contributed by atoms with Crippen LogP contribution in [0.15, 0.2) is 72.8 Å². The van der Waals surface area contributed by atoms with Crippen LogP contribution in [0.4, 0.5) is 58.4 Å². The number of aliphatic hydroxyl groups is 1. The van der Waals surface area contributed by atoms with Crippen LogP contribution >= 0.6 is 0 Å². The minimum atomic E-state index is -6.65. The Labute approximate surface area is 228 Å². The van der Waals surface area contributed by atoms with Crippen molar-refractivity contribution in [3.05, 3.63) is 78.4 Å². The first kappa shape index (κ1) is 32.5. The van der Waals surface area contributed by atoms with Crippen LogP contribution in [-0.2, 0) is 5.92 Å². The number of halogens is 12. The van der Waals surface area contributed by atoms with Crippen LogP contribution in [0.2, 0.25) is 0 Å². The summed E-state index contributed by atoms with van der Waals surface area (Å²) in [6.07, 6.45) is -15.0. The Kier molecular flexibility index (Phi) is 9.34. The van der Waals surface area contributed by atoms with Gasteiger partial charge in [0.05, 0.1) is 12.2 Å². The third-order valence-electron chi connectivity index (χ3n) is 5.25. The summed E-state index contributed by atoms with van der Waals surface area (Å²) in [5, 5.41) is 9.88. The number of hydroxylamine groups is 1. The number of hydrogen-bond donors (Lipinski definition) is 1. The fraction of sp³-hybridized carbons (Fsp3) is 0.280. The van der Waals surface area contributed by atoms with E-state index in [9.17, 15) is 57.8 Å². The molecule has 1 unspecified atom stereocenters. The van der Waals surface area contributed by atoms with E-state index in [1.54, 1.807) is 0 Å². The quantitative estimate of drug-likeness (QED) is 0.173. The molecule has 0 radical (unpaired) electrons. The van der Waals surface area contributed by atoms with E-state index in [2.05, 4.69) is 4.74 Å². The predicted octanol–water partition coefficient (Wildman–Crippen LogP) is 8.09. The maximum Gasteiger partial charge on any atom is 0.460 e. The van der Waals surface area contributed by atoms with E-state index in [4.69, 9.17) is 9.57 Å². The van der Waals surface area contributed by atoms with Gasteiger partial charge in [-0.1, -0.05) is 24.3 Å². The summed E-state index contributed by atoms with van der Waals surface area (Å²) in [4.78, 5) is 5.12. The molecule has 3 rings (SSSR count). The molecule has 3 aromatic rings. The van der Waals surface area contributed by atoms with Gasteiger partial charge in [-0.15, -0.1) is 0 Å². The molecular formula is C25H17F12NO4. The smallest absolute Gasteiger partial charge is 0.457 e. The lowest BCUT2D eigenvalue weighted by molar-refractivity contribution is -0.359. The van der Waals surface area contributed by atoms with E-state index >= 15 is 0 Å². The molecule has 17 heteroatoms. The molecule has 0 spiro atoms. The number of alkyl halides is 12. The molecule has 0 saturated heterocycles. The molecule has 0 aliphatic carbocycles. The largest absolute Gasteiger partial charge is 0.460 e. The number of anilines is 1. The van der Waals surface area contributed by atoms with Gasteiger partial charge in [-0.25, -0.2) is 5.06 Å². The van der Waals surface area contributed by atoms with Gasteiger partial charge in [-0.3, -0.25) is 0 Å². The van der Waals surface area contributed by atoms with Gasteiger partial charge in [0.1, 0.15) is 17.2 Å². The zero-order valence-corrected chi connectivity index (χ0v) is 20.4. The number of aliphatic hydroxyl groups excluding tert-OH is 1. The molecule has 1 N–H and O–H groups in total. The lowest BCUT2D eigenvalue weighted by Gasteiger charge is -2.30. The standard InChI is InChI=1S/C25H17F12NO4/c26-21(27)41-18-8-3-7-17(12-18)40-16-6-2-5-15(11-16)38(13-20(39)23(30,31)32)42-19-9-1-4-14(10-19)22(28,29)24(33,34)25(35,36)37/h1-12,20-21,39H,13H2. The highest BCUT2D eigenvalue weighted by molar-refractivity contribution is 5.51. The Balaban J connectivity index is 1.95. The Morgan fingerprint density at radius 1 is 0.690 bits per heavy atom. The fourth-order valence-corrected chi connectivity index (χ4v) is 3.24. The topological polar surface area (TPSA) is 51.2 Å². The van der Waals surface area contributed by atoms with Gasteiger partial charge in [0.25, 0.3) is 0 Å². The molecule has 0 fully saturated rings. The SMILES string of the molecule is OC(CN(Oc1cccc(C(F)(F)C(F)(F)C(F)(F)F)c1)c1cccc(Oc2cccc(OC(F)F)c2)c1)C(F)(F)F. The van der Waals surface area contributed by atoms with Crippen LogP contribution in [0.5, 0.6) is 23.0 Å². The highest BCUT2D eigenvalue weighted by atomic mass is 19.4. The number of nitrogens with zero attached hydrogens (tertiary/aromatic N) is 1. The second-order valence-corrected chi connectivity index (χ2v) is 8.34. The van der Waals surface area contributed by atoms with Crippen LogP contribution in [-0.4, -0.2) is 42.6 Å². The number of benzene rings is 3. The first-order valence-electron chi connectivity index (χ1n) is 11.3. The van der Waals surface area contributed by atoms with Gasteiger partial charge in [0, 0.05) is 17.7 Å². The van der Waals surface area contributed by atoms with Crippen molar-refractivity contribution in [3.8, 4) is 23.0 Å². The van der Waals surface area contributed by atoms with Crippen molar-refractivity contribution >= 4 is 5.69 Å². The molecule has 1 atom stereocenters.